The van der Waals surface area contributed by atoms with Crippen LogP contribution >= 0.6 is 0 Å². The Hall–Kier alpha value is -3.07. The Balaban J connectivity index is 1.36. The number of carbonyl (C=O) groups is 1. The van der Waals surface area contributed by atoms with E-state index in [-0.39, 0.29) is 10.8 Å². The van der Waals surface area contributed by atoms with Gasteiger partial charge in [-0.05, 0) is 42.7 Å². The number of fused-ring (bicyclic) bond motifs is 2. The second kappa shape index (κ2) is 7.56. The van der Waals surface area contributed by atoms with Gasteiger partial charge in [-0.2, -0.15) is 8.42 Å². The first-order valence-corrected chi connectivity index (χ1v) is 11.7. The van der Waals surface area contributed by atoms with E-state index in [0.29, 0.717) is 55.6 Å². The van der Waals surface area contributed by atoms with E-state index >= 15 is 0 Å². The van der Waals surface area contributed by atoms with Crippen LogP contribution in [0, 0.1) is 0 Å². The third-order valence-corrected chi connectivity index (χ3v) is 7.15. The molecule has 8 nitrogen and oxygen atoms in total. The quantitative estimate of drug-likeness (QED) is 0.724. The van der Waals surface area contributed by atoms with Crippen molar-refractivity contribution in [2.45, 2.75) is 30.3 Å². The van der Waals surface area contributed by atoms with Crippen LogP contribution in [-0.2, 0) is 21.4 Å². The molecule has 0 unspecified atom stereocenters. The van der Waals surface area contributed by atoms with E-state index in [4.69, 9.17) is 9.47 Å². The number of amides is 1. The summed E-state index contributed by atoms with van der Waals surface area (Å²) in [5.41, 5.74) is 1.51. The van der Waals surface area contributed by atoms with E-state index in [1.807, 2.05) is 23.1 Å². The van der Waals surface area contributed by atoms with Crippen molar-refractivity contribution < 1.29 is 22.7 Å². The van der Waals surface area contributed by atoms with Crippen LogP contribution in [0.4, 0.5) is 0 Å². The minimum absolute atomic E-state index is 0.0585. The number of ether oxygens (including phenoxy) is 2. The third-order valence-electron chi connectivity index (χ3n) is 5.82. The molecular weight excluding hydrogens is 418 g/mol. The molecule has 0 aliphatic carbocycles. The zero-order valence-corrected chi connectivity index (χ0v) is 18.0. The molecule has 0 radical (unpaired) electrons. The molecule has 2 aromatic carbocycles. The Bertz CT molecular complexity index is 1180. The molecule has 1 atom stereocenters. The molecule has 0 bridgehead atoms. The van der Waals surface area contributed by atoms with Gasteiger partial charge >= 0.3 is 0 Å². The van der Waals surface area contributed by atoms with Gasteiger partial charge in [0.25, 0.3) is 10.0 Å². The van der Waals surface area contributed by atoms with Crippen molar-refractivity contribution >= 4 is 21.8 Å². The van der Waals surface area contributed by atoms with Crippen LogP contribution in [0.2, 0.25) is 0 Å². The molecule has 0 aromatic heterocycles. The first kappa shape index (κ1) is 19.9. The Labute approximate surface area is 181 Å². The fraction of sp³-hybridized carbons (Fsp3) is 0.364. The molecule has 2 aromatic rings. The summed E-state index contributed by atoms with van der Waals surface area (Å²) in [4.78, 5) is 17.0. The Morgan fingerprint density at radius 1 is 1.16 bits per heavy atom. The van der Waals surface area contributed by atoms with Gasteiger partial charge in [-0.15, -0.1) is 4.40 Å². The van der Waals surface area contributed by atoms with Crippen molar-refractivity contribution in [1.82, 2.24) is 9.80 Å². The van der Waals surface area contributed by atoms with Gasteiger partial charge in [-0.3, -0.25) is 4.79 Å². The number of likely N-dealkylation sites (tertiary alicyclic amines) is 1. The summed E-state index contributed by atoms with van der Waals surface area (Å²) in [6, 6.07) is 12.0. The van der Waals surface area contributed by atoms with Crippen molar-refractivity contribution in [2.75, 3.05) is 26.8 Å². The molecule has 9 heteroatoms. The van der Waals surface area contributed by atoms with Crippen LogP contribution in [0.15, 0.2) is 51.8 Å². The fourth-order valence-electron chi connectivity index (χ4n) is 4.36. The minimum Gasteiger partial charge on any atom is -0.486 e. The van der Waals surface area contributed by atoms with Gasteiger partial charge in [0, 0.05) is 25.7 Å². The van der Waals surface area contributed by atoms with Gasteiger partial charge in [0.2, 0.25) is 5.91 Å². The molecule has 31 heavy (non-hydrogen) atoms. The second-order valence-corrected chi connectivity index (χ2v) is 9.48. The molecule has 3 heterocycles. The van der Waals surface area contributed by atoms with E-state index in [1.54, 1.807) is 36.2 Å². The summed E-state index contributed by atoms with van der Waals surface area (Å²) < 4.78 is 40.1. The topological polar surface area (TPSA) is 88.5 Å². The number of benzene rings is 2. The monoisotopic (exact) mass is 441 g/mol. The molecule has 0 spiro atoms. The van der Waals surface area contributed by atoms with Crippen molar-refractivity contribution in [3.8, 4) is 11.5 Å². The van der Waals surface area contributed by atoms with E-state index in [9.17, 15) is 13.2 Å². The van der Waals surface area contributed by atoms with Crippen LogP contribution in [0.5, 0.6) is 11.5 Å². The summed E-state index contributed by atoms with van der Waals surface area (Å²) in [6.07, 6.45) is 1.46. The number of nitrogens with zero attached hydrogens (tertiary/aromatic N) is 3. The Kier molecular flexibility index (Phi) is 4.85. The number of amidine groups is 1. The molecule has 5 rings (SSSR count). The molecule has 1 saturated heterocycles. The van der Waals surface area contributed by atoms with E-state index in [0.717, 1.165) is 12.0 Å². The van der Waals surface area contributed by atoms with Gasteiger partial charge in [0.05, 0.1) is 0 Å². The third kappa shape index (κ3) is 3.52. The number of rotatable bonds is 3. The zero-order valence-electron chi connectivity index (χ0n) is 17.2. The van der Waals surface area contributed by atoms with Gasteiger partial charge in [0.15, 0.2) is 17.3 Å². The van der Waals surface area contributed by atoms with Gasteiger partial charge in [-0.25, -0.2) is 0 Å². The number of hydrogen-bond donors (Lipinski definition) is 0. The van der Waals surface area contributed by atoms with Crippen molar-refractivity contribution in [3.05, 3.63) is 53.6 Å². The van der Waals surface area contributed by atoms with E-state index in [1.165, 1.54) is 0 Å². The van der Waals surface area contributed by atoms with E-state index in [2.05, 4.69) is 4.40 Å². The zero-order chi connectivity index (χ0) is 21.6. The van der Waals surface area contributed by atoms with Crippen LogP contribution in [0.3, 0.4) is 0 Å². The molecule has 162 valence electrons. The maximum Gasteiger partial charge on any atom is 0.285 e. The number of carbonyl (C=O) groups excluding carboxylic acids is 1. The maximum atomic E-state index is 13.3. The van der Waals surface area contributed by atoms with Gasteiger partial charge < -0.3 is 19.3 Å². The highest BCUT2D eigenvalue weighted by Crippen LogP contribution is 2.33. The molecule has 1 amide bonds. The molecule has 0 saturated carbocycles. The minimum atomic E-state index is -3.72. The fourth-order valence-corrected chi connectivity index (χ4v) is 5.58. The predicted octanol–water partition coefficient (Wildman–Crippen LogP) is 2.03. The van der Waals surface area contributed by atoms with Crippen molar-refractivity contribution in [1.29, 1.82) is 0 Å². The second-order valence-electron chi connectivity index (χ2n) is 7.91. The molecule has 3 aliphatic rings. The first-order chi connectivity index (χ1) is 14.9. The first-order valence-electron chi connectivity index (χ1n) is 10.3. The van der Waals surface area contributed by atoms with Crippen molar-refractivity contribution in [2.24, 2.45) is 4.40 Å². The average molecular weight is 442 g/mol. The summed E-state index contributed by atoms with van der Waals surface area (Å²) in [6.45, 7) is 2.05. The largest absolute Gasteiger partial charge is 0.486 e. The summed E-state index contributed by atoms with van der Waals surface area (Å²) >= 11 is 0. The lowest BCUT2D eigenvalue weighted by atomic mass is 10.1. The lowest BCUT2D eigenvalue weighted by Gasteiger charge is -2.29. The van der Waals surface area contributed by atoms with Gasteiger partial charge in [-0.1, -0.05) is 18.2 Å². The van der Waals surface area contributed by atoms with Gasteiger partial charge in [0.1, 0.15) is 24.2 Å². The summed E-state index contributed by atoms with van der Waals surface area (Å²) in [7, 11) is -1.96. The van der Waals surface area contributed by atoms with Crippen LogP contribution in [0.25, 0.3) is 0 Å². The molecule has 3 aliphatic heterocycles. The number of sulfonamides is 1. The van der Waals surface area contributed by atoms with Crippen LogP contribution in [0.1, 0.15) is 24.0 Å². The highest BCUT2D eigenvalue weighted by Gasteiger charge is 2.40. The highest BCUT2D eigenvalue weighted by atomic mass is 32.2. The Morgan fingerprint density at radius 3 is 2.77 bits per heavy atom. The standard InChI is InChI=1S/C22H23N3O5S/c1-24(14-15-8-9-18-19(13-15)30-12-11-29-18)22(26)17-6-4-10-25(17)21-16-5-2-3-7-20(16)31(27,28)23-21/h2-3,5,7-9,13,17H,4,6,10-12,14H2,1H3/t17-/m0/s1. The summed E-state index contributed by atoms with van der Waals surface area (Å²) in [5.74, 6) is 1.72. The summed E-state index contributed by atoms with van der Waals surface area (Å²) in [5, 5.41) is 0. The lowest BCUT2D eigenvalue weighted by molar-refractivity contribution is -0.134. The lowest BCUT2D eigenvalue weighted by Crippen LogP contribution is -2.46. The SMILES string of the molecule is CN(Cc1ccc2c(c1)OCCO2)C(=O)[C@@H]1CCCN1C1=NS(=O)(=O)c2ccccc21. The number of likely N-dealkylation sites (N-methyl/N-ethyl adjacent to an activating group) is 1. The molecular formula is C22H23N3O5S. The molecule has 0 N–H and O–H groups in total. The highest BCUT2D eigenvalue weighted by molar-refractivity contribution is 7.90. The van der Waals surface area contributed by atoms with Crippen LogP contribution in [-0.4, -0.2) is 62.8 Å². The maximum absolute atomic E-state index is 13.3. The smallest absolute Gasteiger partial charge is 0.285 e. The van der Waals surface area contributed by atoms with Crippen LogP contribution < -0.4 is 9.47 Å². The average Bonchev–Trinajstić information content (AvgIpc) is 3.36. The number of hydrogen-bond acceptors (Lipinski definition) is 6. The predicted molar refractivity (Wildman–Crippen MR) is 114 cm³/mol. The van der Waals surface area contributed by atoms with Crippen molar-refractivity contribution in [3.63, 3.8) is 0 Å². The van der Waals surface area contributed by atoms with E-state index < -0.39 is 16.1 Å². The molecule has 1 fully saturated rings. The normalized spacial score (nSPS) is 20.9. The Morgan fingerprint density at radius 2 is 1.94 bits per heavy atom.